The first-order valence-electron chi connectivity index (χ1n) is 6.07. The quantitative estimate of drug-likeness (QED) is 0.563. The van der Waals surface area contributed by atoms with Crippen LogP contribution in [0.4, 0.5) is 0 Å². The van der Waals surface area contributed by atoms with Gasteiger partial charge in [0.05, 0.1) is 0 Å². The molecule has 0 aliphatic heterocycles. The Labute approximate surface area is 94.8 Å². The van der Waals surface area contributed by atoms with Crippen molar-refractivity contribution in [3.05, 3.63) is 34.9 Å². The summed E-state index contributed by atoms with van der Waals surface area (Å²) in [7, 11) is 0. The summed E-state index contributed by atoms with van der Waals surface area (Å²) in [6.45, 7) is 8.94. The van der Waals surface area contributed by atoms with Crippen molar-refractivity contribution >= 4 is 0 Å². The SMILES string of the molecule is CC(C)=CCC[C@@H](C)C1=CCC(C)=CC1. The Morgan fingerprint density at radius 3 is 2.60 bits per heavy atom. The number of hydrogen-bond donors (Lipinski definition) is 0. The van der Waals surface area contributed by atoms with E-state index in [9.17, 15) is 0 Å². The molecule has 15 heavy (non-hydrogen) atoms. The lowest BCUT2D eigenvalue weighted by Crippen LogP contribution is -2.01. The number of allylic oxidation sites excluding steroid dienone is 6. The van der Waals surface area contributed by atoms with E-state index in [1.54, 1.807) is 5.57 Å². The van der Waals surface area contributed by atoms with Crippen molar-refractivity contribution in [1.82, 2.24) is 0 Å². The molecule has 0 amide bonds. The Bertz CT molecular complexity index is 285. The standard InChI is InChI=1S/C15H24/c1-12(2)6-5-7-14(4)15-10-8-13(3)9-11-15/h6,8,11,14H,5,7,9-10H2,1-4H3/t14-/m1/s1. The fourth-order valence-corrected chi connectivity index (χ4v) is 1.96. The molecule has 1 aliphatic carbocycles. The van der Waals surface area contributed by atoms with Gasteiger partial charge in [0, 0.05) is 0 Å². The van der Waals surface area contributed by atoms with Crippen molar-refractivity contribution in [1.29, 1.82) is 0 Å². The summed E-state index contributed by atoms with van der Waals surface area (Å²) in [6.07, 6.45) is 12.0. The first-order valence-corrected chi connectivity index (χ1v) is 6.07. The Hall–Kier alpha value is -0.780. The van der Waals surface area contributed by atoms with Crippen molar-refractivity contribution in [2.45, 2.75) is 53.4 Å². The number of rotatable bonds is 4. The fraction of sp³-hybridized carbons (Fsp3) is 0.600. The third kappa shape index (κ3) is 4.51. The summed E-state index contributed by atoms with van der Waals surface area (Å²) in [5.74, 6) is 0.755. The van der Waals surface area contributed by atoms with Crippen LogP contribution in [0.1, 0.15) is 53.4 Å². The van der Waals surface area contributed by atoms with Crippen LogP contribution in [-0.2, 0) is 0 Å². The molecule has 0 heteroatoms. The summed E-state index contributed by atoms with van der Waals surface area (Å²) in [5.41, 5.74) is 4.61. The summed E-state index contributed by atoms with van der Waals surface area (Å²) in [6, 6.07) is 0. The highest BCUT2D eigenvalue weighted by molar-refractivity contribution is 5.21. The van der Waals surface area contributed by atoms with E-state index < -0.39 is 0 Å². The van der Waals surface area contributed by atoms with Gasteiger partial charge in [-0.15, -0.1) is 0 Å². The smallest absolute Gasteiger partial charge is 0.0133 e. The van der Waals surface area contributed by atoms with Crippen LogP contribution in [0.15, 0.2) is 34.9 Å². The van der Waals surface area contributed by atoms with Crippen LogP contribution in [0.5, 0.6) is 0 Å². The van der Waals surface area contributed by atoms with Gasteiger partial charge in [0.15, 0.2) is 0 Å². The molecule has 1 rings (SSSR count). The Morgan fingerprint density at radius 1 is 1.33 bits per heavy atom. The molecule has 0 unspecified atom stereocenters. The topological polar surface area (TPSA) is 0 Å². The van der Waals surface area contributed by atoms with Gasteiger partial charge in [-0.1, -0.05) is 41.9 Å². The fourth-order valence-electron chi connectivity index (χ4n) is 1.96. The van der Waals surface area contributed by atoms with E-state index in [1.165, 1.54) is 36.8 Å². The minimum Gasteiger partial charge on any atom is -0.0859 e. The predicted molar refractivity (Wildman–Crippen MR) is 68.9 cm³/mol. The Balaban J connectivity index is 2.35. The van der Waals surface area contributed by atoms with E-state index in [2.05, 4.69) is 45.9 Å². The summed E-state index contributed by atoms with van der Waals surface area (Å²) < 4.78 is 0. The van der Waals surface area contributed by atoms with E-state index in [4.69, 9.17) is 0 Å². The van der Waals surface area contributed by atoms with E-state index in [-0.39, 0.29) is 0 Å². The summed E-state index contributed by atoms with van der Waals surface area (Å²) in [5, 5.41) is 0. The van der Waals surface area contributed by atoms with Crippen LogP contribution >= 0.6 is 0 Å². The zero-order valence-electron chi connectivity index (χ0n) is 10.6. The largest absolute Gasteiger partial charge is 0.0859 e. The highest BCUT2D eigenvalue weighted by Crippen LogP contribution is 2.26. The lowest BCUT2D eigenvalue weighted by Gasteiger charge is -2.18. The number of hydrogen-bond acceptors (Lipinski definition) is 0. The molecule has 0 aromatic rings. The Morgan fingerprint density at radius 2 is 2.07 bits per heavy atom. The maximum atomic E-state index is 2.43. The highest BCUT2D eigenvalue weighted by Gasteiger charge is 2.09. The van der Waals surface area contributed by atoms with Gasteiger partial charge >= 0.3 is 0 Å². The van der Waals surface area contributed by atoms with Crippen molar-refractivity contribution in [2.24, 2.45) is 5.92 Å². The molecule has 0 fully saturated rings. The highest BCUT2D eigenvalue weighted by atomic mass is 14.1. The molecule has 0 aromatic heterocycles. The molecule has 0 saturated heterocycles. The molecular weight excluding hydrogens is 180 g/mol. The Kier molecular flexibility index (Phi) is 4.87. The van der Waals surface area contributed by atoms with Crippen LogP contribution in [-0.4, -0.2) is 0 Å². The molecule has 0 N–H and O–H groups in total. The molecule has 0 spiro atoms. The van der Waals surface area contributed by atoms with Crippen LogP contribution in [0.3, 0.4) is 0 Å². The average Bonchev–Trinajstić information content (AvgIpc) is 2.18. The molecule has 1 aliphatic rings. The van der Waals surface area contributed by atoms with Crippen molar-refractivity contribution in [2.75, 3.05) is 0 Å². The zero-order chi connectivity index (χ0) is 11.3. The van der Waals surface area contributed by atoms with Gasteiger partial charge in [-0.3, -0.25) is 0 Å². The molecule has 0 bridgehead atoms. The van der Waals surface area contributed by atoms with Gasteiger partial charge in [0.25, 0.3) is 0 Å². The normalized spacial score (nSPS) is 17.9. The predicted octanol–water partition coefficient (Wildman–Crippen LogP) is 5.04. The lowest BCUT2D eigenvalue weighted by atomic mass is 9.88. The lowest BCUT2D eigenvalue weighted by molar-refractivity contribution is 0.603. The van der Waals surface area contributed by atoms with Gasteiger partial charge in [-0.2, -0.15) is 0 Å². The monoisotopic (exact) mass is 204 g/mol. The van der Waals surface area contributed by atoms with Crippen LogP contribution < -0.4 is 0 Å². The van der Waals surface area contributed by atoms with Gasteiger partial charge in [0.2, 0.25) is 0 Å². The molecule has 0 radical (unpaired) electrons. The molecule has 0 saturated carbocycles. The van der Waals surface area contributed by atoms with Gasteiger partial charge < -0.3 is 0 Å². The van der Waals surface area contributed by atoms with Gasteiger partial charge in [-0.25, -0.2) is 0 Å². The van der Waals surface area contributed by atoms with E-state index >= 15 is 0 Å². The minimum atomic E-state index is 0.755. The summed E-state index contributed by atoms with van der Waals surface area (Å²) >= 11 is 0. The average molecular weight is 204 g/mol. The second-order valence-electron chi connectivity index (χ2n) is 5.00. The third-order valence-electron chi connectivity index (χ3n) is 3.16. The van der Waals surface area contributed by atoms with Crippen LogP contribution in [0, 0.1) is 5.92 Å². The molecular formula is C15H24. The maximum Gasteiger partial charge on any atom is -0.0133 e. The van der Waals surface area contributed by atoms with E-state index in [0.717, 1.165) is 5.92 Å². The second-order valence-corrected chi connectivity index (χ2v) is 5.00. The maximum absolute atomic E-state index is 2.43. The van der Waals surface area contributed by atoms with E-state index in [1.807, 2.05) is 0 Å². The molecule has 84 valence electrons. The van der Waals surface area contributed by atoms with Crippen molar-refractivity contribution < 1.29 is 0 Å². The zero-order valence-corrected chi connectivity index (χ0v) is 10.6. The first kappa shape index (κ1) is 12.3. The van der Waals surface area contributed by atoms with Crippen LogP contribution in [0.25, 0.3) is 0 Å². The van der Waals surface area contributed by atoms with Gasteiger partial charge in [0.1, 0.15) is 0 Å². The summed E-state index contributed by atoms with van der Waals surface area (Å²) in [4.78, 5) is 0. The second kappa shape index (κ2) is 5.95. The molecule has 0 nitrogen and oxygen atoms in total. The molecule has 0 heterocycles. The van der Waals surface area contributed by atoms with Crippen molar-refractivity contribution in [3.8, 4) is 0 Å². The molecule has 1 atom stereocenters. The molecule has 0 aromatic carbocycles. The van der Waals surface area contributed by atoms with Gasteiger partial charge in [-0.05, 0) is 52.4 Å². The van der Waals surface area contributed by atoms with Crippen LogP contribution in [0.2, 0.25) is 0 Å². The minimum absolute atomic E-state index is 0.755. The van der Waals surface area contributed by atoms with Crippen molar-refractivity contribution in [3.63, 3.8) is 0 Å². The first-order chi connectivity index (χ1) is 7.09. The third-order valence-corrected chi connectivity index (χ3v) is 3.16. The van der Waals surface area contributed by atoms with E-state index in [0.29, 0.717) is 0 Å².